The van der Waals surface area contributed by atoms with Gasteiger partial charge in [-0.2, -0.15) is 0 Å². The highest BCUT2D eigenvalue weighted by atomic mass is 16.6. The minimum Gasteiger partial charge on any atom is -0.324 e. The minimum atomic E-state index is 0.551. The van der Waals surface area contributed by atoms with Gasteiger partial charge < -0.3 is 5.32 Å². The Hall–Kier alpha value is -2.76. The van der Waals surface area contributed by atoms with E-state index in [0.717, 1.165) is 41.2 Å². The Morgan fingerprint density at radius 3 is 3.00 bits per heavy atom. The Labute approximate surface area is 121 Å². The van der Waals surface area contributed by atoms with E-state index in [1.165, 1.54) is 5.56 Å². The van der Waals surface area contributed by atoms with Gasteiger partial charge in [0.15, 0.2) is 5.69 Å². The maximum absolute atomic E-state index is 4.82. The van der Waals surface area contributed by atoms with Crippen molar-refractivity contribution in [1.82, 2.24) is 20.3 Å². The van der Waals surface area contributed by atoms with Crippen LogP contribution in [-0.4, -0.2) is 20.3 Å². The van der Waals surface area contributed by atoms with Gasteiger partial charge in [0.05, 0.1) is 0 Å². The van der Waals surface area contributed by atoms with Crippen LogP contribution >= 0.6 is 0 Å². The van der Waals surface area contributed by atoms with Crippen LogP contribution in [0.3, 0.4) is 0 Å². The zero-order valence-electron chi connectivity index (χ0n) is 11.5. The summed E-state index contributed by atoms with van der Waals surface area (Å²) >= 11 is 0. The molecule has 6 heteroatoms. The number of benzene rings is 1. The summed E-state index contributed by atoms with van der Waals surface area (Å²) in [5, 5.41) is 11.1. The van der Waals surface area contributed by atoms with Crippen LogP contribution in [0.1, 0.15) is 16.8 Å². The van der Waals surface area contributed by atoms with Crippen LogP contribution in [-0.2, 0) is 12.8 Å². The predicted octanol–water partition coefficient (Wildman–Crippen LogP) is 2.68. The lowest BCUT2D eigenvalue weighted by atomic mass is 9.98. The monoisotopic (exact) mass is 279 g/mol. The van der Waals surface area contributed by atoms with Crippen LogP contribution in [0.25, 0.3) is 11.4 Å². The lowest BCUT2D eigenvalue weighted by Crippen LogP contribution is -2.08. The molecule has 2 aromatic heterocycles. The summed E-state index contributed by atoms with van der Waals surface area (Å²) < 4.78 is 4.82. The molecule has 1 aliphatic carbocycles. The van der Waals surface area contributed by atoms with Crippen LogP contribution in [0.15, 0.2) is 35.1 Å². The third kappa shape index (κ3) is 2.14. The van der Waals surface area contributed by atoms with Gasteiger partial charge in [0.2, 0.25) is 5.95 Å². The molecular formula is C15H13N5O. The van der Waals surface area contributed by atoms with E-state index in [2.05, 4.69) is 25.6 Å². The Morgan fingerprint density at radius 2 is 2.10 bits per heavy atom. The second-order valence-corrected chi connectivity index (χ2v) is 5.12. The van der Waals surface area contributed by atoms with E-state index in [4.69, 9.17) is 4.63 Å². The average Bonchev–Trinajstić information content (AvgIpc) is 2.96. The smallest absolute Gasteiger partial charge is 0.227 e. The standard InChI is InChI=1S/C15H13N5O/c1-9-3-2-4-11(7-9)17-15-16-8-10-5-6-12-14(13(10)18-15)20-21-19-12/h2-4,7-8H,5-6H2,1H3,(H,16,17,18). The van der Waals surface area contributed by atoms with Gasteiger partial charge in [0, 0.05) is 11.9 Å². The van der Waals surface area contributed by atoms with Gasteiger partial charge in [-0.05, 0) is 48.2 Å². The van der Waals surface area contributed by atoms with Crippen molar-refractivity contribution in [1.29, 1.82) is 0 Å². The number of aromatic nitrogens is 4. The maximum Gasteiger partial charge on any atom is 0.227 e. The summed E-state index contributed by atoms with van der Waals surface area (Å²) in [7, 11) is 0. The zero-order valence-corrected chi connectivity index (χ0v) is 11.5. The molecular weight excluding hydrogens is 266 g/mol. The van der Waals surface area contributed by atoms with Crippen LogP contribution < -0.4 is 5.32 Å². The first-order chi connectivity index (χ1) is 10.3. The molecule has 0 saturated carbocycles. The van der Waals surface area contributed by atoms with Crippen molar-refractivity contribution in [2.45, 2.75) is 19.8 Å². The van der Waals surface area contributed by atoms with E-state index in [9.17, 15) is 0 Å². The summed E-state index contributed by atoms with van der Waals surface area (Å²) in [5.74, 6) is 0.551. The molecule has 0 amide bonds. The first-order valence-corrected chi connectivity index (χ1v) is 6.81. The molecule has 0 atom stereocenters. The molecule has 0 unspecified atom stereocenters. The highest BCUT2D eigenvalue weighted by Gasteiger charge is 2.23. The molecule has 6 nitrogen and oxygen atoms in total. The lowest BCUT2D eigenvalue weighted by Gasteiger charge is -2.13. The Bertz CT molecular complexity index is 811. The third-order valence-electron chi connectivity index (χ3n) is 3.55. The SMILES string of the molecule is Cc1cccc(Nc2ncc3c(n2)-c2nonc2CC3)c1. The fraction of sp³-hybridized carbons (Fsp3) is 0.200. The fourth-order valence-electron chi connectivity index (χ4n) is 2.51. The number of anilines is 2. The highest BCUT2D eigenvalue weighted by Crippen LogP contribution is 2.29. The van der Waals surface area contributed by atoms with E-state index in [1.54, 1.807) is 0 Å². The lowest BCUT2D eigenvalue weighted by molar-refractivity contribution is 0.304. The summed E-state index contributed by atoms with van der Waals surface area (Å²) in [5.41, 5.74) is 5.62. The summed E-state index contributed by atoms with van der Waals surface area (Å²) in [4.78, 5) is 8.94. The summed E-state index contributed by atoms with van der Waals surface area (Å²) in [6, 6.07) is 8.08. The van der Waals surface area contributed by atoms with Gasteiger partial charge >= 0.3 is 0 Å². The van der Waals surface area contributed by atoms with Crippen molar-refractivity contribution in [3.05, 3.63) is 47.3 Å². The van der Waals surface area contributed by atoms with Gasteiger partial charge in [-0.3, -0.25) is 0 Å². The normalized spacial score (nSPS) is 12.6. The molecule has 4 rings (SSSR count). The quantitative estimate of drug-likeness (QED) is 0.777. The van der Waals surface area contributed by atoms with Crippen LogP contribution in [0.4, 0.5) is 11.6 Å². The topological polar surface area (TPSA) is 76.7 Å². The molecule has 1 aromatic carbocycles. The number of aryl methyl sites for hydroxylation is 3. The zero-order chi connectivity index (χ0) is 14.2. The third-order valence-corrected chi connectivity index (χ3v) is 3.55. The molecule has 2 heterocycles. The van der Waals surface area contributed by atoms with Gasteiger partial charge in [0.1, 0.15) is 11.4 Å². The first kappa shape index (κ1) is 12.0. The van der Waals surface area contributed by atoms with Crippen molar-refractivity contribution >= 4 is 11.6 Å². The molecule has 1 N–H and O–H groups in total. The van der Waals surface area contributed by atoms with Gasteiger partial charge in [-0.15, -0.1) is 0 Å². The second-order valence-electron chi connectivity index (χ2n) is 5.12. The predicted molar refractivity (Wildman–Crippen MR) is 77.2 cm³/mol. The molecule has 0 spiro atoms. The minimum absolute atomic E-state index is 0.551. The number of rotatable bonds is 2. The van der Waals surface area contributed by atoms with Crippen LogP contribution in [0, 0.1) is 6.92 Å². The van der Waals surface area contributed by atoms with Crippen LogP contribution in [0.5, 0.6) is 0 Å². The second kappa shape index (κ2) is 4.66. The van der Waals surface area contributed by atoms with Gasteiger partial charge in [-0.25, -0.2) is 14.6 Å². The van der Waals surface area contributed by atoms with Crippen molar-refractivity contribution in [2.75, 3.05) is 5.32 Å². The van der Waals surface area contributed by atoms with Crippen LogP contribution in [0.2, 0.25) is 0 Å². The number of hydrogen-bond acceptors (Lipinski definition) is 6. The molecule has 0 bridgehead atoms. The fourth-order valence-corrected chi connectivity index (χ4v) is 2.51. The number of hydrogen-bond donors (Lipinski definition) is 1. The number of fused-ring (bicyclic) bond motifs is 3. The highest BCUT2D eigenvalue weighted by molar-refractivity contribution is 5.65. The molecule has 21 heavy (non-hydrogen) atoms. The van der Waals surface area contributed by atoms with E-state index >= 15 is 0 Å². The number of nitrogens with zero attached hydrogens (tertiary/aromatic N) is 4. The summed E-state index contributed by atoms with van der Waals surface area (Å²) in [6.45, 7) is 2.05. The largest absolute Gasteiger partial charge is 0.324 e. The van der Waals surface area contributed by atoms with E-state index < -0.39 is 0 Å². The van der Waals surface area contributed by atoms with Gasteiger partial charge in [-0.1, -0.05) is 17.3 Å². The van der Waals surface area contributed by atoms with E-state index in [0.29, 0.717) is 5.95 Å². The maximum atomic E-state index is 4.82. The molecule has 1 aliphatic rings. The van der Waals surface area contributed by atoms with Crippen molar-refractivity contribution in [2.24, 2.45) is 0 Å². The molecule has 0 saturated heterocycles. The van der Waals surface area contributed by atoms with E-state index in [-0.39, 0.29) is 0 Å². The molecule has 0 radical (unpaired) electrons. The molecule has 3 aromatic rings. The van der Waals surface area contributed by atoms with E-state index in [1.807, 2.05) is 37.4 Å². The van der Waals surface area contributed by atoms with Gasteiger partial charge in [0.25, 0.3) is 0 Å². The molecule has 0 aliphatic heterocycles. The number of nitrogens with one attached hydrogen (secondary N) is 1. The van der Waals surface area contributed by atoms with Crippen molar-refractivity contribution in [3.8, 4) is 11.4 Å². The van der Waals surface area contributed by atoms with Crippen molar-refractivity contribution < 1.29 is 4.63 Å². The first-order valence-electron chi connectivity index (χ1n) is 6.81. The molecule has 0 fully saturated rings. The Balaban J connectivity index is 1.72. The van der Waals surface area contributed by atoms with Crippen molar-refractivity contribution in [3.63, 3.8) is 0 Å². The summed E-state index contributed by atoms with van der Waals surface area (Å²) in [6.07, 6.45) is 3.53. The average molecular weight is 279 g/mol. The Kier molecular flexibility index (Phi) is 2.67. The molecule has 104 valence electrons. The Morgan fingerprint density at radius 1 is 1.14 bits per heavy atom.